The lowest BCUT2D eigenvalue weighted by Crippen LogP contribution is -2.00. The maximum atomic E-state index is 5.97. The number of H-pyrrole nitrogens is 1. The van der Waals surface area contributed by atoms with E-state index in [2.05, 4.69) is 29.2 Å². The summed E-state index contributed by atoms with van der Waals surface area (Å²) in [7, 11) is 0. The van der Waals surface area contributed by atoms with Crippen LogP contribution in [0.5, 0.6) is 0 Å². The van der Waals surface area contributed by atoms with E-state index in [9.17, 15) is 0 Å². The van der Waals surface area contributed by atoms with Gasteiger partial charge in [0.1, 0.15) is 11.3 Å². The summed E-state index contributed by atoms with van der Waals surface area (Å²) in [6.07, 6.45) is 2.13. The number of hydrogen-bond donors (Lipinski definition) is 2. The Morgan fingerprint density at radius 3 is 2.42 bits per heavy atom. The molecule has 1 aliphatic rings. The first-order valence-corrected chi connectivity index (χ1v) is 6.62. The quantitative estimate of drug-likeness (QED) is 0.651. The molecular formula is C16H15N3. The number of nitrogen functional groups attached to an aromatic ring is 1. The van der Waals surface area contributed by atoms with Crippen LogP contribution in [0, 0.1) is 0 Å². The van der Waals surface area contributed by atoms with Gasteiger partial charge in [0.25, 0.3) is 0 Å². The average Bonchev–Trinajstić information content (AvgIpc) is 3.02. The van der Waals surface area contributed by atoms with Crippen molar-refractivity contribution in [2.45, 2.75) is 18.8 Å². The molecule has 0 saturated heterocycles. The van der Waals surface area contributed by atoms with Crippen LogP contribution in [0.2, 0.25) is 0 Å². The monoisotopic (exact) mass is 249 g/mol. The maximum Gasteiger partial charge on any atom is 0.111 e. The summed E-state index contributed by atoms with van der Waals surface area (Å²) in [6.45, 7) is 0. The number of rotatable bonds is 1. The van der Waals surface area contributed by atoms with Gasteiger partial charge in [-0.05, 0) is 36.1 Å². The number of aromatic nitrogens is 2. The number of nitrogens with one attached hydrogen (secondary N) is 1. The van der Waals surface area contributed by atoms with Crippen LogP contribution in [-0.4, -0.2) is 9.97 Å². The number of benzene rings is 2. The van der Waals surface area contributed by atoms with Crippen molar-refractivity contribution < 1.29 is 0 Å². The smallest absolute Gasteiger partial charge is 0.111 e. The molecule has 2 aromatic carbocycles. The third-order valence-corrected chi connectivity index (χ3v) is 4.00. The van der Waals surface area contributed by atoms with Gasteiger partial charge in [-0.25, -0.2) is 4.98 Å². The third kappa shape index (κ3) is 1.62. The fraction of sp³-hybridized carbons (Fsp3) is 0.188. The van der Waals surface area contributed by atoms with Crippen LogP contribution in [0.15, 0.2) is 42.5 Å². The molecule has 94 valence electrons. The Morgan fingerprint density at radius 2 is 1.74 bits per heavy atom. The summed E-state index contributed by atoms with van der Waals surface area (Å²) in [4.78, 5) is 8.12. The number of fused-ring (bicyclic) bond motifs is 2. The van der Waals surface area contributed by atoms with E-state index in [1.54, 1.807) is 0 Å². The first-order valence-electron chi connectivity index (χ1n) is 6.62. The van der Waals surface area contributed by atoms with Gasteiger partial charge >= 0.3 is 0 Å². The van der Waals surface area contributed by atoms with Crippen molar-refractivity contribution in [3.63, 3.8) is 0 Å². The lowest BCUT2D eigenvalue weighted by molar-refractivity contribution is 0.697. The summed E-state index contributed by atoms with van der Waals surface area (Å²) >= 11 is 0. The van der Waals surface area contributed by atoms with Gasteiger partial charge in [-0.15, -0.1) is 0 Å². The van der Waals surface area contributed by atoms with E-state index in [-0.39, 0.29) is 0 Å². The second kappa shape index (κ2) is 3.85. The summed E-state index contributed by atoms with van der Waals surface area (Å²) < 4.78 is 0. The molecule has 0 amide bonds. The van der Waals surface area contributed by atoms with Crippen molar-refractivity contribution in [2.75, 3.05) is 5.73 Å². The number of hydrogen-bond acceptors (Lipinski definition) is 2. The highest BCUT2D eigenvalue weighted by atomic mass is 14.9. The SMILES string of the molecule is Nc1cccc2[nH]c(C3Cc4ccccc4C3)nc12. The number of para-hydroxylation sites is 1. The van der Waals surface area contributed by atoms with Gasteiger partial charge in [0.2, 0.25) is 0 Å². The third-order valence-electron chi connectivity index (χ3n) is 4.00. The van der Waals surface area contributed by atoms with E-state index in [0.717, 1.165) is 35.4 Å². The maximum absolute atomic E-state index is 5.97. The first-order chi connectivity index (χ1) is 9.31. The van der Waals surface area contributed by atoms with Crippen LogP contribution < -0.4 is 5.73 Å². The lowest BCUT2D eigenvalue weighted by atomic mass is 10.1. The Labute approximate surface area is 111 Å². The molecule has 0 bridgehead atoms. The van der Waals surface area contributed by atoms with E-state index in [1.165, 1.54) is 11.1 Å². The van der Waals surface area contributed by atoms with Crippen molar-refractivity contribution >= 4 is 16.7 Å². The Balaban J connectivity index is 1.75. The van der Waals surface area contributed by atoms with Crippen LogP contribution in [0.25, 0.3) is 11.0 Å². The van der Waals surface area contributed by atoms with E-state index >= 15 is 0 Å². The fourth-order valence-electron chi connectivity index (χ4n) is 3.02. The molecule has 1 aromatic heterocycles. The van der Waals surface area contributed by atoms with E-state index < -0.39 is 0 Å². The number of nitrogens with two attached hydrogens (primary N) is 1. The molecule has 1 heterocycles. The Bertz CT molecular complexity index is 733. The van der Waals surface area contributed by atoms with Gasteiger partial charge in [-0.1, -0.05) is 30.3 Å². The van der Waals surface area contributed by atoms with Crippen molar-refractivity contribution in [1.29, 1.82) is 0 Å². The highest BCUT2D eigenvalue weighted by molar-refractivity contribution is 5.86. The van der Waals surface area contributed by atoms with E-state index in [1.807, 2.05) is 18.2 Å². The zero-order valence-electron chi connectivity index (χ0n) is 10.6. The molecule has 0 spiro atoms. The molecule has 3 N–H and O–H groups in total. The van der Waals surface area contributed by atoms with Crippen LogP contribution in [0.4, 0.5) is 5.69 Å². The van der Waals surface area contributed by atoms with E-state index in [0.29, 0.717) is 5.92 Å². The molecule has 0 saturated carbocycles. The highest BCUT2D eigenvalue weighted by Crippen LogP contribution is 2.33. The Kier molecular flexibility index (Phi) is 2.15. The average molecular weight is 249 g/mol. The highest BCUT2D eigenvalue weighted by Gasteiger charge is 2.25. The van der Waals surface area contributed by atoms with Crippen LogP contribution in [0.3, 0.4) is 0 Å². The van der Waals surface area contributed by atoms with E-state index in [4.69, 9.17) is 10.7 Å². The van der Waals surface area contributed by atoms with Crippen LogP contribution in [0.1, 0.15) is 22.9 Å². The predicted octanol–water partition coefficient (Wildman–Crippen LogP) is 3.03. The second-order valence-electron chi connectivity index (χ2n) is 5.24. The zero-order valence-corrected chi connectivity index (χ0v) is 10.6. The number of nitrogens with zero attached hydrogens (tertiary/aromatic N) is 1. The number of imidazole rings is 1. The van der Waals surface area contributed by atoms with Crippen LogP contribution in [-0.2, 0) is 12.8 Å². The standard InChI is InChI=1S/C16H15N3/c17-13-6-3-7-14-15(13)19-16(18-14)12-8-10-4-1-2-5-11(10)9-12/h1-7,12H,8-9,17H2,(H,18,19). The molecule has 0 atom stereocenters. The fourth-order valence-corrected chi connectivity index (χ4v) is 3.02. The van der Waals surface area contributed by atoms with Gasteiger partial charge in [-0.3, -0.25) is 0 Å². The van der Waals surface area contributed by atoms with Gasteiger partial charge in [0.15, 0.2) is 0 Å². The predicted molar refractivity (Wildman–Crippen MR) is 77.1 cm³/mol. The topological polar surface area (TPSA) is 54.7 Å². The molecule has 0 unspecified atom stereocenters. The first kappa shape index (κ1) is 10.6. The molecule has 0 fully saturated rings. The van der Waals surface area contributed by atoms with Crippen LogP contribution >= 0.6 is 0 Å². The Hall–Kier alpha value is -2.29. The second-order valence-corrected chi connectivity index (χ2v) is 5.24. The minimum Gasteiger partial charge on any atom is -0.397 e. The summed E-state index contributed by atoms with van der Waals surface area (Å²) in [5.41, 5.74) is 11.5. The number of anilines is 1. The molecular weight excluding hydrogens is 234 g/mol. The molecule has 1 aliphatic carbocycles. The zero-order chi connectivity index (χ0) is 12.8. The molecule has 0 aliphatic heterocycles. The molecule has 19 heavy (non-hydrogen) atoms. The largest absolute Gasteiger partial charge is 0.397 e. The van der Waals surface area contributed by atoms with Gasteiger partial charge in [0, 0.05) is 5.92 Å². The number of aromatic amines is 1. The van der Waals surface area contributed by atoms with Gasteiger partial charge in [-0.2, -0.15) is 0 Å². The van der Waals surface area contributed by atoms with Crippen molar-refractivity contribution in [3.8, 4) is 0 Å². The van der Waals surface area contributed by atoms with Gasteiger partial charge in [0.05, 0.1) is 11.2 Å². The molecule has 0 radical (unpaired) electrons. The molecule has 3 nitrogen and oxygen atoms in total. The van der Waals surface area contributed by atoms with Gasteiger partial charge < -0.3 is 10.7 Å². The van der Waals surface area contributed by atoms with Crippen molar-refractivity contribution in [3.05, 3.63) is 59.4 Å². The molecule has 4 rings (SSSR count). The van der Waals surface area contributed by atoms with Crippen molar-refractivity contribution in [2.24, 2.45) is 0 Å². The summed E-state index contributed by atoms with van der Waals surface area (Å²) in [5.74, 6) is 1.51. The normalized spacial score (nSPS) is 14.9. The summed E-state index contributed by atoms with van der Waals surface area (Å²) in [6, 6.07) is 14.5. The Morgan fingerprint density at radius 1 is 1.00 bits per heavy atom. The molecule has 3 heteroatoms. The molecule has 3 aromatic rings. The lowest BCUT2D eigenvalue weighted by Gasteiger charge is -2.03. The van der Waals surface area contributed by atoms with Crippen molar-refractivity contribution in [1.82, 2.24) is 9.97 Å². The minimum atomic E-state index is 0.448. The summed E-state index contributed by atoms with van der Waals surface area (Å²) in [5, 5.41) is 0. The minimum absolute atomic E-state index is 0.448.